The first-order valence-corrected chi connectivity index (χ1v) is 9.07. The Kier molecular flexibility index (Phi) is 4.48. The summed E-state index contributed by atoms with van der Waals surface area (Å²) in [4.78, 5) is 24.3. The Morgan fingerprint density at radius 3 is 2.72 bits per heavy atom. The minimum atomic E-state index is -1.24. The molecule has 6 unspecified atom stereocenters. The van der Waals surface area contributed by atoms with Crippen LogP contribution in [0.2, 0.25) is 0 Å². The van der Waals surface area contributed by atoms with Gasteiger partial charge in [-0.05, 0) is 19.8 Å². The number of aliphatic hydroxyl groups is 1. The van der Waals surface area contributed by atoms with Gasteiger partial charge in [0, 0.05) is 24.3 Å². The Morgan fingerprint density at radius 2 is 2.08 bits per heavy atom. The summed E-state index contributed by atoms with van der Waals surface area (Å²) in [6.45, 7) is 11.3. The van der Waals surface area contributed by atoms with Crippen LogP contribution in [0.5, 0.6) is 0 Å². The summed E-state index contributed by atoms with van der Waals surface area (Å²) >= 11 is 0. The third-order valence-electron chi connectivity index (χ3n) is 5.89. The molecule has 3 heterocycles. The van der Waals surface area contributed by atoms with Crippen molar-refractivity contribution < 1.29 is 28.9 Å². The molecule has 0 radical (unpaired) electrons. The van der Waals surface area contributed by atoms with Gasteiger partial charge in [-0.15, -0.1) is 0 Å². The molecule has 0 aliphatic carbocycles. The average Bonchev–Trinajstić information content (AvgIpc) is 2.97. The Balaban J connectivity index is 1.97. The number of esters is 2. The molecular formula is C19H28O6. The van der Waals surface area contributed by atoms with Gasteiger partial charge in [-0.3, -0.25) is 4.79 Å². The number of carbonyl (C=O) groups is 2. The number of hydrogen-bond acceptors (Lipinski definition) is 6. The van der Waals surface area contributed by atoms with E-state index >= 15 is 0 Å². The van der Waals surface area contributed by atoms with Crippen molar-refractivity contribution in [2.75, 3.05) is 0 Å². The van der Waals surface area contributed by atoms with E-state index in [0.29, 0.717) is 31.3 Å². The van der Waals surface area contributed by atoms with E-state index in [9.17, 15) is 14.7 Å². The molecule has 0 spiro atoms. The number of fused-ring (bicyclic) bond motifs is 3. The van der Waals surface area contributed by atoms with Gasteiger partial charge in [-0.1, -0.05) is 27.4 Å². The summed E-state index contributed by atoms with van der Waals surface area (Å²) in [5.41, 5.74) is -0.279. The fourth-order valence-electron chi connectivity index (χ4n) is 4.25. The van der Waals surface area contributed by atoms with Crippen molar-refractivity contribution in [2.45, 2.75) is 77.0 Å². The van der Waals surface area contributed by atoms with Crippen LogP contribution in [0.25, 0.3) is 0 Å². The highest BCUT2D eigenvalue weighted by atomic mass is 16.6. The van der Waals surface area contributed by atoms with E-state index in [-0.39, 0.29) is 17.8 Å². The van der Waals surface area contributed by atoms with Crippen LogP contribution >= 0.6 is 0 Å². The van der Waals surface area contributed by atoms with Gasteiger partial charge in [0.2, 0.25) is 0 Å². The van der Waals surface area contributed by atoms with Gasteiger partial charge in [0.05, 0.1) is 17.4 Å². The van der Waals surface area contributed by atoms with E-state index in [2.05, 4.69) is 6.58 Å². The monoisotopic (exact) mass is 352 g/mol. The molecule has 0 aromatic heterocycles. The predicted octanol–water partition coefficient (Wildman–Crippen LogP) is 2.34. The summed E-state index contributed by atoms with van der Waals surface area (Å²) in [6, 6.07) is 0. The number of carbonyl (C=O) groups excluding carboxylic acids is 2. The smallest absolute Gasteiger partial charge is 0.334 e. The van der Waals surface area contributed by atoms with Gasteiger partial charge in [0.1, 0.15) is 12.2 Å². The van der Waals surface area contributed by atoms with Crippen LogP contribution in [0, 0.1) is 17.8 Å². The molecule has 3 saturated heterocycles. The molecule has 25 heavy (non-hydrogen) atoms. The maximum atomic E-state index is 12.2. The summed E-state index contributed by atoms with van der Waals surface area (Å²) in [5, 5.41) is 10.9. The summed E-state index contributed by atoms with van der Waals surface area (Å²) in [6.07, 6.45) is 1.01. The Bertz CT molecular complexity index is 599. The molecule has 3 rings (SSSR count). The highest BCUT2D eigenvalue weighted by molar-refractivity contribution is 5.91. The normalized spacial score (nSPS) is 43.9. The zero-order valence-electron chi connectivity index (χ0n) is 15.4. The lowest BCUT2D eigenvalue weighted by atomic mass is 9.78. The second kappa shape index (κ2) is 6.09. The molecule has 3 fully saturated rings. The predicted molar refractivity (Wildman–Crippen MR) is 89.3 cm³/mol. The maximum Gasteiger partial charge on any atom is 0.334 e. The highest BCUT2D eigenvalue weighted by Gasteiger charge is 2.56. The molecule has 3 aliphatic rings. The number of hydrogen-bond donors (Lipinski definition) is 1. The van der Waals surface area contributed by atoms with E-state index in [1.54, 1.807) is 13.8 Å². The summed E-state index contributed by atoms with van der Waals surface area (Å²) in [5.74, 6) is -2.89. The van der Waals surface area contributed by atoms with Crippen LogP contribution in [0.1, 0.15) is 53.4 Å². The van der Waals surface area contributed by atoms with Crippen molar-refractivity contribution >= 4 is 11.9 Å². The lowest BCUT2D eigenvalue weighted by Gasteiger charge is -2.33. The van der Waals surface area contributed by atoms with E-state index in [0.717, 1.165) is 0 Å². The molecule has 0 aromatic carbocycles. The zero-order chi connectivity index (χ0) is 18.6. The quantitative estimate of drug-likeness (QED) is 0.607. The van der Waals surface area contributed by atoms with Crippen molar-refractivity contribution in [3.05, 3.63) is 12.2 Å². The SMILES string of the molecule is C=C1C(=O)OC2CC(C)C3(O)CCC(C)(CC(OC(=O)C(C)C)C12)O3. The van der Waals surface area contributed by atoms with Crippen LogP contribution in [-0.2, 0) is 23.8 Å². The van der Waals surface area contributed by atoms with Gasteiger partial charge < -0.3 is 19.3 Å². The minimum Gasteiger partial charge on any atom is -0.461 e. The van der Waals surface area contributed by atoms with Crippen molar-refractivity contribution in [2.24, 2.45) is 17.8 Å². The lowest BCUT2D eigenvalue weighted by molar-refractivity contribution is -0.250. The summed E-state index contributed by atoms with van der Waals surface area (Å²) in [7, 11) is 0. The fourth-order valence-corrected chi connectivity index (χ4v) is 4.25. The molecule has 2 bridgehead atoms. The van der Waals surface area contributed by atoms with Gasteiger partial charge in [0.15, 0.2) is 5.79 Å². The maximum absolute atomic E-state index is 12.2. The van der Waals surface area contributed by atoms with Crippen LogP contribution in [-0.4, -0.2) is 40.6 Å². The van der Waals surface area contributed by atoms with Gasteiger partial charge >= 0.3 is 11.9 Å². The summed E-state index contributed by atoms with van der Waals surface area (Å²) < 4.78 is 17.3. The Labute approximate surface area is 148 Å². The first-order chi connectivity index (χ1) is 11.5. The molecule has 140 valence electrons. The van der Waals surface area contributed by atoms with Gasteiger partial charge in [-0.25, -0.2) is 4.79 Å². The van der Waals surface area contributed by atoms with Crippen LogP contribution in [0.15, 0.2) is 12.2 Å². The topological polar surface area (TPSA) is 82.1 Å². The second-order valence-corrected chi connectivity index (χ2v) is 8.36. The van der Waals surface area contributed by atoms with Crippen LogP contribution in [0.4, 0.5) is 0 Å². The first-order valence-electron chi connectivity index (χ1n) is 9.07. The molecule has 0 aromatic rings. The Hall–Kier alpha value is -1.40. The standard InChI is InChI=1S/C19H28O6/c1-10(2)16(20)24-14-9-18(5)6-7-19(22,25-18)11(3)8-13-15(14)12(4)17(21)23-13/h10-11,13-15,22H,4,6-9H2,1-3,5H3. The highest BCUT2D eigenvalue weighted by Crippen LogP contribution is 2.49. The third kappa shape index (κ3) is 3.22. The molecule has 6 atom stereocenters. The minimum absolute atomic E-state index is 0.208. The second-order valence-electron chi connectivity index (χ2n) is 8.36. The third-order valence-corrected chi connectivity index (χ3v) is 5.89. The zero-order valence-corrected chi connectivity index (χ0v) is 15.4. The molecular weight excluding hydrogens is 324 g/mol. The molecule has 1 N–H and O–H groups in total. The molecule has 0 amide bonds. The van der Waals surface area contributed by atoms with E-state index in [1.165, 1.54) is 0 Å². The van der Waals surface area contributed by atoms with Crippen LogP contribution in [0.3, 0.4) is 0 Å². The van der Waals surface area contributed by atoms with Crippen molar-refractivity contribution in [3.8, 4) is 0 Å². The van der Waals surface area contributed by atoms with Crippen molar-refractivity contribution in [1.29, 1.82) is 0 Å². The molecule has 6 nitrogen and oxygen atoms in total. The number of ether oxygens (including phenoxy) is 3. The van der Waals surface area contributed by atoms with Crippen molar-refractivity contribution in [1.82, 2.24) is 0 Å². The Morgan fingerprint density at radius 1 is 1.40 bits per heavy atom. The van der Waals surface area contributed by atoms with Crippen LogP contribution < -0.4 is 0 Å². The van der Waals surface area contributed by atoms with E-state index in [4.69, 9.17) is 14.2 Å². The van der Waals surface area contributed by atoms with E-state index in [1.807, 2.05) is 13.8 Å². The van der Waals surface area contributed by atoms with E-state index < -0.39 is 35.5 Å². The molecule has 0 saturated carbocycles. The average molecular weight is 352 g/mol. The van der Waals surface area contributed by atoms with Crippen molar-refractivity contribution in [3.63, 3.8) is 0 Å². The van der Waals surface area contributed by atoms with Gasteiger partial charge in [0.25, 0.3) is 0 Å². The fraction of sp³-hybridized carbons (Fsp3) is 0.789. The van der Waals surface area contributed by atoms with Gasteiger partial charge in [-0.2, -0.15) is 0 Å². The largest absolute Gasteiger partial charge is 0.461 e. The molecule has 6 heteroatoms. The molecule has 3 aliphatic heterocycles. The first kappa shape index (κ1) is 18.4. The number of rotatable bonds is 2. The lowest BCUT2D eigenvalue weighted by Crippen LogP contribution is -2.40.